The summed E-state index contributed by atoms with van der Waals surface area (Å²) in [6.07, 6.45) is 1.93. The molecule has 0 unspecified atom stereocenters. The fraction of sp³-hybridized carbons (Fsp3) is 0.136. The number of carbonyl (C=O) groups excluding carboxylic acids is 1. The summed E-state index contributed by atoms with van der Waals surface area (Å²) in [7, 11) is -2.21. The van der Waals surface area contributed by atoms with Crippen LogP contribution in [0.3, 0.4) is 0 Å². The van der Waals surface area contributed by atoms with E-state index in [2.05, 4.69) is 5.32 Å². The number of anilines is 2. The Bertz CT molecular complexity index is 1160. The molecule has 0 aliphatic rings. The van der Waals surface area contributed by atoms with E-state index in [9.17, 15) is 13.2 Å². The third kappa shape index (κ3) is 4.80. The molecule has 0 spiro atoms. The molecule has 3 rings (SSSR count). The van der Waals surface area contributed by atoms with Crippen LogP contribution in [0.25, 0.3) is 0 Å². The molecule has 3 aromatic carbocycles. The van der Waals surface area contributed by atoms with Crippen molar-refractivity contribution in [2.45, 2.75) is 16.7 Å². The van der Waals surface area contributed by atoms with Crippen LogP contribution < -0.4 is 9.62 Å². The fourth-order valence-electron chi connectivity index (χ4n) is 2.83. The second-order valence-corrected chi connectivity index (χ2v) is 9.89. The molecular weight excluding hydrogens is 440 g/mol. The van der Waals surface area contributed by atoms with Crippen LogP contribution in [0.15, 0.2) is 76.5 Å². The number of sulfonamides is 1. The fourth-order valence-corrected chi connectivity index (χ4v) is 4.66. The molecule has 0 atom stereocenters. The van der Waals surface area contributed by atoms with Crippen LogP contribution in [-0.4, -0.2) is 27.6 Å². The van der Waals surface area contributed by atoms with Crippen molar-refractivity contribution in [1.82, 2.24) is 0 Å². The van der Waals surface area contributed by atoms with Crippen LogP contribution in [0.1, 0.15) is 15.9 Å². The highest BCUT2D eigenvalue weighted by Gasteiger charge is 2.21. The van der Waals surface area contributed by atoms with Crippen LogP contribution in [0.5, 0.6) is 0 Å². The Balaban J connectivity index is 1.77. The van der Waals surface area contributed by atoms with Crippen LogP contribution in [-0.2, 0) is 10.0 Å². The number of benzene rings is 3. The molecule has 0 aliphatic heterocycles. The van der Waals surface area contributed by atoms with Gasteiger partial charge in [-0.15, -0.1) is 11.8 Å². The molecule has 0 aliphatic carbocycles. The molecule has 0 bridgehead atoms. The lowest BCUT2D eigenvalue weighted by molar-refractivity contribution is 0.102. The normalized spacial score (nSPS) is 11.2. The number of nitrogens with one attached hydrogen (secondary N) is 1. The first kappa shape index (κ1) is 22.2. The van der Waals surface area contributed by atoms with Crippen molar-refractivity contribution < 1.29 is 13.2 Å². The molecule has 0 fully saturated rings. The van der Waals surface area contributed by atoms with E-state index >= 15 is 0 Å². The van der Waals surface area contributed by atoms with Gasteiger partial charge in [0.05, 0.1) is 10.6 Å². The second-order valence-electron chi connectivity index (χ2n) is 6.61. The molecule has 5 nitrogen and oxygen atoms in total. The van der Waals surface area contributed by atoms with Crippen LogP contribution >= 0.6 is 23.4 Å². The molecule has 0 heterocycles. The summed E-state index contributed by atoms with van der Waals surface area (Å²) in [5, 5.41) is 3.44. The van der Waals surface area contributed by atoms with Gasteiger partial charge in [0.25, 0.3) is 15.9 Å². The molecule has 1 N–H and O–H groups in total. The van der Waals surface area contributed by atoms with Crippen LogP contribution in [0.2, 0.25) is 5.02 Å². The first-order chi connectivity index (χ1) is 14.2. The highest BCUT2D eigenvalue weighted by molar-refractivity contribution is 7.98. The van der Waals surface area contributed by atoms with E-state index < -0.39 is 10.0 Å². The van der Waals surface area contributed by atoms with Crippen molar-refractivity contribution in [2.24, 2.45) is 0 Å². The van der Waals surface area contributed by atoms with E-state index in [1.165, 1.54) is 11.4 Å². The van der Waals surface area contributed by atoms with Gasteiger partial charge in [0.15, 0.2) is 0 Å². The highest BCUT2D eigenvalue weighted by atomic mass is 35.5. The molecule has 8 heteroatoms. The van der Waals surface area contributed by atoms with Gasteiger partial charge in [0, 0.05) is 28.2 Å². The minimum absolute atomic E-state index is 0.211. The predicted molar refractivity (Wildman–Crippen MR) is 124 cm³/mol. The van der Waals surface area contributed by atoms with E-state index in [0.717, 1.165) is 10.5 Å². The van der Waals surface area contributed by atoms with E-state index in [-0.39, 0.29) is 10.8 Å². The number of aryl methyl sites for hydroxylation is 1. The summed E-state index contributed by atoms with van der Waals surface area (Å²) in [5.74, 6) is -0.287. The quantitative estimate of drug-likeness (QED) is 0.497. The molecular formula is C22H21ClN2O3S2. The maximum absolute atomic E-state index is 12.9. The average molecular weight is 461 g/mol. The molecule has 0 saturated carbocycles. The number of rotatable bonds is 6. The van der Waals surface area contributed by atoms with E-state index in [0.29, 0.717) is 22.0 Å². The minimum Gasteiger partial charge on any atom is -0.322 e. The second kappa shape index (κ2) is 9.12. The summed E-state index contributed by atoms with van der Waals surface area (Å²) in [5.41, 5.74) is 2.40. The Morgan fingerprint density at radius 3 is 2.20 bits per heavy atom. The standard InChI is InChI=1S/C22H21ClN2O3S2/c1-15-14-17(23)6-13-21(15)24-22(26)16-4-7-18(8-5-16)25(2)30(27,28)20-11-9-19(29-3)10-12-20/h4-14H,1-3H3,(H,24,26). The SMILES string of the molecule is CSc1ccc(S(=O)(=O)N(C)c2ccc(C(=O)Nc3ccc(Cl)cc3C)cc2)cc1. The molecule has 1 amide bonds. The summed E-state index contributed by atoms with van der Waals surface area (Å²) < 4.78 is 27.0. The Morgan fingerprint density at radius 2 is 1.63 bits per heavy atom. The Morgan fingerprint density at radius 1 is 1.00 bits per heavy atom. The van der Waals surface area contributed by atoms with Gasteiger partial charge in [-0.3, -0.25) is 9.10 Å². The summed E-state index contributed by atoms with van der Waals surface area (Å²) in [6, 6.07) is 18.4. The average Bonchev–Trinajstić information content (AvgIpc) is 2.75. The Hall–Kier alpha value is -2.48. The maximum Gasteiger partial charge on any atom is 0.264 e. The lowest BCUT2D eigenvalue weighted by Gasteiger charge is -2.20. The van der Waals surface area contributed by atoms with Gasteiger partial charge in [0.1, 0.15) is 0 Å². The van der Waals surface area contributed by atoms with Crippen molar-refractivity contribution in [3.8, 4) is 0 Å². The van der Waals surface area contributed by atoms with Crippen molar-refractivity contribution in [3.63, 3.8) is 0 Å². The number of hydrogen-bond donors (Lipinski definition) is 1. The van der Waals surface area contributed by atoms with Gasteiger partial charge in [-0.2, -0.15) is 0 Å². The van der Waals surface area contributed by atoms with Crippen molar-refractivity contribution >= 4 is 50.7 Å². The zero-order valence-corrected chi connectivity index (χ0v) is 19.1. The molecule has 156 valence electrons. The van der Waals surface area contributed by atoms with Gasteiger partial charge in [-0.05, 0) is 85.5 Å². The number of carbonyl (C=O) groups is 1. The Kier molecular flexibility index (Phi) is 6.75. The number of amides is 1. The maximum atomic E-state index is 12.9. The largest absolute Gasteiger partial charge is 0.322 e. The van der Waals surface area contributed by atoms with Crippen molar-refractivity contribution in [2.75, 3.05) is 22.9 Å². The van der Waals surface area contributed by atoms with Gasteiger partial charge in [-0.1, -0.05) is 11.6 Å². The molecule has 0 radical (unpaired) electrons. The zero-order chi connectivity index (χ0) is 21.9. The number of halogens is 1. The smallest absolute Gasteiger partial charge is 0.264 e. The number of hydrogen-bond acceptors (Lipinski definition) is 4. The zero-order valence-electron chi connectivity index (χ0n) is 16.7. The first-order valence-corrected chi connectivity index (χ1v) is 12.1. The van der Waals surface area contributed by atoms with Gasteiger partial charge in [-0.25, -0.2) is 8.42 Å². The third-order valence-corrected chi connectivity index (χ3v) is 7.43. The molecule has 0 aromatic heterocycles. The lowest BCUT2D eigenvalue weighted by atomic mass is 10.1. The van der Waals surface area contributed by atoms with E-state index in [1.807, 2.05) is 13.2 Å². The van der Waals surface area contributed by atoms with Gasteiger partial charge in [0.2, 0.25) is 0 Å². The minimum atomic E-state index is -3.70. The topological polar surface area (TPSA) is 66.5 Å². The Labute approximate surface area is 186 Å². The van der Waals surface area contributed by atoms with Crippen molar-refractivity contribution in [3.05, 3.63) is 82.9 Å². The van der Waals surface area contributed by atoms with Gasteiger partial charge >= 0.3 is 0 Å². The molecule has 0 saturated heterocycles. The van der Waals surface area contributed by atoms with Crippen LogP contribution in [0, 0.1) is 6.92 Å². The monoisotopic (exact) mass is 460 g/mol. The first-order valence-electron chi connectivity index (χ1n) is 9.03. The van der Waals surface area contributed by atoms with Crippen LogP contribution in [0.4, 0.5) is 11.4 Å². The van der Waals surface area contributed by atoms with E-state index in [4.69, 9.17) is 11.6 Å². The summed E-state index contributed by atoms with van der Waals surface area (Å²) in [4.78, 5) is 13.7. The number of thioether (sulfide) groups is 1. The van der Waals surface area contributed by atoms with Crippen molar-refractivity contribution in [1.29, 1.82) is 0 Å². The summed E-state index contributed by atoms with van der Waals surface area (Å²) >= 11 is 7.49. The summed E-state index contributed by atoms with van der Waals surface area (Å²) in [6.45, 7) is 1.86. The predicted octanol–water partition coefficient (Wildman–Crippen LogP) is 5.45. The van der Waals surface area contributed by atoms with Gasteiger partial charge < -0.3 is 5.32 Å². The molecule has 30 heavy (non-hydrogen) atoms. The lowest BCUT2D eigenvalue weighted by Crippen LogP contribution is -2.26. The van der Waals surface area contributed by atoms with E-state index in [1.54, 1.807) is 78.5 Å². The highest BCUT2D eigenvalue weighted by Crippen LogP contribution is 2.25. The third-order valence-electron chi connectivity index (χ3n) is 4.65. The number of nitrogens with zero attached hydrogens (tertiary/aromatic N) is 1. The molecule has 3 aromatic rings.